The standard InChI is InChI=1S/C16H22N2OS/c1-2-11-10-18(8-7-13(11)17)16(19)15-9-12-5-3-4-6-14(12)20-15/h3-6,11,13,15H,2,7-10,17H2,1H3. The van der Waals surface area contributed by atoms with E-state index >= 15 is 0 Å². The minimum absolute atomic E-state index is 0.0687. The second-order valence-corrected chi connectivity index (χ2v) is 7.07. The van der Waals surface area contributed by atoms with Gasteiger partial charge in [0.2, 0.25) is 5.91 Å². The van der Waals surface area contributed by atoms with Gasteiger partial charge in [0, 0.05) is 24.0 Å². The lowest BCUT2D eigenvalue weighted by Gasteiger charge is -2.37. The topological polar surface area (TPSA) is 46.3 Å². The Bertz CT molecular complexity index is 480. The molecular weight excluding hydrogens is 268 g/mol. The van der Waals surface area contributed by atoms with Crippen LogP contribution in [0.1, 0.15) is 25.3 Å². The van der Waals surface area contributed by atoms with Gasteiger partial charge in [-0.3, -0.25) is 4.79 Å². The number of benzene rings is 1. The minimum Gasteiger partial charge on any atom is -0.341 e. The molecule has 1 saturated heterocycles. The number of thioether (sulfide) groups is 1. The molecule has 1 aromatic rings. The third-order valence-electron chi connectivity index (χ3n) is 4.55. The highest BCUT2D eigenvalue weighted by molar-refractivity contribution is 8.01. The van der Waals surface area contributed by atoms with Crippen molar-refractivity contribution in [2.24, 2.45) is 11.7 Å². The zero-order valence-corrected chi connectivity index (χ0v) is 12.7. The monoisotopic (exact) mass is 290 g/mol. The largest absolute Gasteiger partial charge is 0.341 e. The van der Waals surface area contributed by atoms with Crippen molar-refractivity contribution in [3.8, 4) is 0 Å². The molecular formula is C16H22N2OS. The Morgan fingerprint density at radius 2 is 2.25 bits per heavy atom. The Kier molecular flexibility index (Phi) is 4.03. The molecule has 3 nitrogen and oxygen atoms in total. The molecule has 2 aliphatic heterocycles. The molecule has 0 saturated carbocycles. The van der Waals surface area contributed by atoms with E-state index in [2.05, 4.69) is 25.1 Å². The van der Waals surface area contributed by atoms with Crippen LogP contribution in [0.2, 0.25) is 0 Å². The van der Waals surface area contributed by atoms with Crippen molar-refractivity contribution in [1.29, 1.82) is 0 Å². The van der Waals surface area contributed by atoms with Crippen LogP contribution in [0.5, 0.6) is 0 Å². The SMILES string of the molecule is CCC1CN(C(=O)C2Cc3ccccc3S2)CCC1N. The number of fused-ring (bicyclic) bond motifs is 1. The molecule has 3 atom stereocenters. The molecule has 0 radical (unpaired) electrons. The Labute approximate surface area is 124 Å². The fourth-order valence-electron chi connectivity index (χ4n) is 3.21. The second-order valence-electron chi connectivity index (χ2n) is 5.82. The lowest BCUT2D eigenvalue weighted by atomic mass is 9.90. The summed E-state index contributed by atoms with van der Waals surface area (Å²) in [4.78, 5) is 16.0. The van der Waals surface area contributed by atoms with Gasteiger partial charge in [-0.15, -0.1) is 11.8 Å². The summed E-state index contributed by atoms with van der Waals surface area (Å²) >= 11 is 1.73. The van der Waals surface area contributed by atoms with Crippen LogP contribution in [-0.4, -0.2) is 35.2 Å². The van der Waals surface area contributed by atoms with Gasteiger partial charge in [0.15, 0.2) is 0 Å². The van der Waals surface area contributed by atoms with Gasteiger partial charge >= 0.3 is 0 Å². The van der Waals surface area contributed by atoms with Crippen molar-refractivity contribution in [3.63, 3.8) is 0 Å². The molecule has 3 unspecified atom stereocenters. The molecule has 20 heavy (non-hydrogen) atoms. The summed E-state index contributed by atoms with van der Waals surface area (Å²) in [7, 11) is 0. The second kappa shape index (κ2) is 5.78. The Morgan fingerprint density at radius 1 is 1.45 bits per heavy atom. The maximum absolute atomic E-state index is 12.7. The molecule has 0 aromatic heterocycles. The van der Waals surface area contributed by atoms with Crippen LogP contribution >= 0.6 is 11.8 Å². The fourth-order valence-corrected chi connectivity index (χ4v) is 4.49. The van der Waals surface area contributed by atoms with Gasteiger partial charge < -0.3 is 10.6 Å². The average molecular weight is 290 g/mol. The number of amides is 1. The molecule has 4 heteroatoms. The van der Waals surface area contributed by atoms with Crippen molar-refractivity contribution < 1.29 is 4.79 Å². The number of hydrogen-bond acceptors (Lipinski definition) is 3. The van der Waals surface area contributed by atoms with Crippen LogP contribution < -0.4 is 5.73 Å². The molecule has 2 N–H and O–H groups in total. The first kappa shape index (κ1) is 14.0. The highest BCUT2D eigenvalue weighted by Crippen LogP contribution is 2.38. The molecule has 0 bridgehead atoms. The van der Waals surface area contributed by atoms with Crippen molar-refractivity contribution >= 4 is 17.7 Å². The van der Waals surface area contributed by atoms with Crippen LogP contribution in [0.25, 0.3) is 0 Å². The molecule has 3 rings (SSSR count). The first-order chi connectivity index (χ1) is 9.69. The number of likely N-dealkylation sites (tertiary alicyclic amines) is 1. The van der Waals surface area contributed by atoms with Gasteiger partial charge in [0.25, 0.3) is 0 Å². The van der Waals surface area contributed by atoms with Gasteiger partial charge in [-0.25, -0.2) is 0 Å². The third-order valence-corrected chi connectivity index (χ3v) is 5.86. The molecule has 108 valence electrons. The molecule has 2 aliphatic rings. The summed E-state index contributed by atoms with van der Waals surface area (Å²) in [6.07, 6.45) is 2.87. The van der Waals surface area contributed by atoms with Gasteiger partial charge in [0.05, 0.1) is 5.25 Å². The summed E-state index contributed by atoms with van der Waals surface area (Å²) in [6.45, 7) is 3.83. The van der Waals surface area contributed by atoms with Crippen LogP contribution in [0.15, 0.2) is 29.2 Å². The Morgan fingerprint density at radius 3 is 3.00 bits per heavy atom. The highest BCUT2D eigenvalue weighted by Gasteiger charge is 2.35. The van der Waals surface area contributed by atoms with E-state index in [1.54, 1.807) is 11.8 Å². The maximum Gasteiger partial charge on any atom is 0.236 e. The predicted molar refractivity (Wildman–Crippen MR) is 82.7 cm³/mol. The number of piperidine rings is 1. The van der Waals surface area contributed by atoms with Crippen molar-refractivity contribution in [3.05, 3.63) is 29.8 Å². The summed E-state index contributed by atoms with van der Waals surface area (Å²) in [6, 6.07) is 8.62. The van der Waals surface area contributed by atoms with E-state index in [1.807, 2.05) is 11.0 Å². The van der Waals surface area contributed by atoms with E-state index in [9.17, 15) is 4.79 Å². The van der Waals surface area contributed by atoms with Gasteiger partial charge in [-0.2, -0.15) is 0 Å². The predicted octanol–water partition coefficient (Wildman–Crippen LogP) is 2.29. The van der Waals surface area contributed by atoms with Gasteiger partial charge in [0.1, 0.15) is 0 Å². The number of rotatable bonds is 2. The summed E-state index contributed by atoms with van der Waals surface area (Å²) in [5.74, 6) is 0.762. The summed E-state index contributed by atoms with van der Waals surface area (Å²) < 4.78 is 0. The van der Waals surface area contributed by atoms with Gasteiger partial charge in [-0.1, -0.05) is 31.5 Å². The Hall–Kier alpha value is -1.00. The maximum atomic E-state index is 12.7. The van der Waals surface area contributed by atoms with Crippen LogP contribution in [0.3, 0.4) is 0 Å². The van der Waals surface area contributed by atoms with Crippen LogP contribution in [0, 0.1) is 5.92 Å². The van der Waals surface area contributed by atoms with Crippen molar-refractivity contribution in [2.75, 3.05) is 13.1 Å². The first-order valence-electron chi connectivity index (χ1n) is 7.48. The molecule has 2 heterocycles. The molecule has 0 spiro atoms. The van der Waals surface area contributed by atoms with E-state index in [0.29, 0.717) is 11.8 Å². The van der Waals surface area contributed by atoms with E-state index < -0.39 is 0 Å². The van der Waals surface area contributed by atoms with Gasteiger partial charge in [-0.05, 0) is 30.4 Å². The lowest BCUT2D eigenvalue weighted by Crippen LogP contribution is -2.51. The zero-order valence-electron chi connectivity index (χ0n) is 11.9. The highest BCUT2D eigenvalue weighted by atomic mass is 32.2. The third kappa shape index (κ3) is 2.59. The lowest BCUT2D eigenvalue weighted by molar-refractivity contribution is -0.132. The quantitative estimate of drug-likeness (QED) is 0.909. The fraction of sp³-hybridized carbons (Fsp3) is 0.562. The summed E-state index contributed by atoms with van der Waals surface area (Å²) in [5, 5.41) is 0.0687. The summed E-state index contributed by atoms with van der Waals surface area (Å²) in [5.41, 5.74) is 7.45. The number of nitrogens with zero attached hydrogens (tertiary/aromatic N) is 1. The van der Waals surface area contributed by atoms with Crippen LogP contribution in [0.4, 0.5) is 0 Å². The van der Waals surface area contributed by atoms with Crippen molar-refractivity contribution in [2.45, 2.75) is 42.4 Å². The van der Waals surface area contributed by atoms with E-state index in [4.69, 9.17) is 5.73 Å². The molecule has 0 aliphatic carbocycles. The number of carbonyl (C=O) groups is 1. The Balaban J connectivity index is 1.66. The number of nitrogens with two attached hydrogens (primary N) is 1. The number of hydrogen-bond donors (Lipinski definition) is 1. The average Bonchev–Trinajstić information content (AvgIpc) is 2.91. The molecule has 1 aromatic carbocycles. The van der Waals surface area contributed by atoms with Crippen LogP contribution in [-0.2, 0) is 11.2 Å². The van der Waals surface area contributed by atoms with E-state index in [0.717, 1.165) is 32.4 Å². The molecule has 1 fully saturated rings. The van der Waals surface area contributed by atoms with Crippen molar-refractivity contribution in [1.82, 2.24) is 4.90 Å². The normalized spacial score (nSPS) is 29.3. The first-order valence-corrected chi connectivity index (χ1v) is 8.36. The zero-order chi connectivity index (χ0) is 14.1. The number of carbonyl (C=O) groups excluding carboxylic acids is 1. The smallest absolute Gasteiger partial charge is 0.236 e. The van der Waals surface area contributed by atoms with E-state index in [1.165, 1.54) is 10.5 Å². The van der Waals surface area contributed by atoms with E-state index in [-0.39, 0.29) is 11.3 Å². The minimum atomic E-state index is 0.0687. The molecule has 1 amide bonds.